The minimum atomic E-state index is -0.227. The first-order chi connectivity index (χ1) is 9.29. The smallest absolute Gasteiger partial charge is 0.167 e. The number of hydrogen-bond acceptors (Lipinski definition) is 3. The molecule has 1 aromatic heterocycles. The van der Waals surface area contributed by atoms with Gasteiger partial charge in [-0.1, -0.05) is 11.6 Å². The molecule has 1 saturated heterocycles. The summed E-state index contributed by atoms with van der Waals surface area (Å²) in [4.78, 5) is 2.44. The van der Waals surface area contributed by atoms with Gasteiger partial charge in [-0.05, 0) is 42.9 Å². The zero-order valence-corrected chi connectivity index (χ0v) is 10.8. The molecule has 0 spiro atoms. The molecular weight excluding hydrogens is 243 g/mol. The van der Waals surface area contributed by atoms with Gasteiger partial charge in [0.05, 0.1) is 0 Å². The number of rotatable bonds is 2. The molecule has 0 amide bonds. The number of hydrogen-bond donors (Lipinski definition) is 0. The number of aromatic nitrogens is 1. The van der Waals surface area contributed by atoms with Crippen LogP contribution in [0.1, 0.15) is 25.0 Å². The Kier molecular flexibility index (Phi) is 2.58. The summed E-state index contributed by atoms with van der Waals surface area (Å²) in [7, 11) is 0. The number of halogens is 1. The number of fused-ring (bicyclic) bond motifs is 2. The fourth-order valence-corrected chi connectivity index (χ4v) is 3.75. The van der Waals surface area contributed by atoms with Crippen LogP contribution in [0, 0.1) is 17.7 Å². The Bertz CT molecular complexity index is 597. The van der Waals surface area contributed by atoms with E-state index in [-0.39, 0.29) is 5.82 Å². The molecular formula is C15H17FN2O. The van der Waals surface area contributed by atoms with Gasteiger partial charge in [-0.25, -0.2) is 4.39 Å². The summed E-state index contributed by atoms with van der Waals surface area (Å²) in [6, 6.07) is 4.59. The SMILES string of the molecule is Fc1ccc2onc(CN3CC4CCCC4C3)c2c1. The van der Waals surface area contributed by atoms with Gasteiger partial charge in [0.2, 0.25) is 0 Å². The molecule has 1 aliphatic carbocycles. The van der Waals surface area contributed by atoms with Gasteiger partial charge in [0.1, 0.15) is 11.5 Å². The van der Waals surface area contributed by atoms with E-state index in [0.29, 0.717) is 5.58 Å². The summed E-state index contributed by atoms with van der Waals surface area (Å²) < 4.78 is 18.6. The van der Waals surface area contributed by atoms with E-state index >= 15 is 0 Å². The summed E-state index contributed by atoms with van der Waals surface area (Å²) in [5.74, 6) is 1.51. The Morgan fingerprint density at radius 2 is 2.05 bits per heavy atom. The molecule has 3 nitrogen and oxygen atoms in total. The molecule has 2 unspecified atom stereocenters. The molecule has 0 bridgehead atoms. The topological polar surface area (TPSA) is 29.3 Å². The van der Waals surface area contributed by atoms with Crippen LogP contribution in [0.15, 0.2) is 22.7 Å². The van der Waals surface area contributed by atoms with Gasteiger partial charge in [-0.3, -0.25) is 4.90 Å². The first-order valence-corrected chi connectivity index (χ1v) is 7.06. The Morgan fingerprint density at radius 1 is 1.26 bits per heavy atom. The monoisotopic (exact) mass is 260 g/mol. The first-order valence-electron chi connectivity index (χ1n) is 7.06. The highest BCUT2D eigenvalue weighted by Crippen LogP contribution is 2.38. The lowest BCUT2D eigenvalue weighted by molar-refractivity contribution is 0.293. The average Bonchev–Trinajstić information content (AvgIpc) is 3.04. The van der Waals surface area contributed by atoms with Gasteiger partial charge in [0, 0.05) is 25.0 Å². The Morgan fingerprint density at radius 3 is 2.84 bits per heavy atom. The van der Waals surface area contributed by atoms with Crippen molar-refractivity contribution >= 4 is 11.0 Å². The van der Waals surface area contributed by atoms with E-state index in [1.54, 1.807) is 6.07 Å². The summed E-state index contributed by atoms with van der Waals surface area (Å²) in [6.07, 6.45) is 4.13. The second-order valence-electron chi connectivity index (χ2n) is 5.91. The molecule has 2 fully saturated rings. The lowest BCUT2D eigenvalue weighted by Gasteiger charge is -2.14. The van der Waals surface area contributed by atoms with E-state index < -0.39 is 0 Å². The van der Waals surface area contributed by atoms with Crippen LogP contribution in [-0.4, -0.2) is 23.1 Å². The molecule has 1 aliphatic heterocycles. The van der Waals surface area contributed by atoms with Gasteiger partial charge in [0.25, 0.3) is 0 Å². The zero-order valence-electron chi connectivity index (χ0n) is 10.8. The quantitative estimate of drug-likeness (QED) is 0.830. The van der Waals surface area contributed by atoms with Crippen LogP contribution in [0.2, 0.25) is 0 Å². The average molecular weight is 260 g/mol. The molecule has 2 aromatic rings. The normalized spacial score (nSPS) is 27.2. The summed E-state index contributed by atoms with van der Waals surface area (Å²) >= 11 is 0. The van der Waals surface area contributed by atoms with Crippen LogP contribution in [0.25, 0.3) is 11.0 Å². The molecule has 1 aromatic carbocycles. The predicted molar refractivity (Wildman–Crippen MR) is 70.1 cm³/mol. The van der Waals surface area contributed by atoms with E-state index in [1.807, 2.05) is 0 Å². The maximum Gasteiger partial charge on any atom is 0.167 e. The van der Waals surface area contributed by atoms with E-state index in [0.717, 1.165) is 42.6 Å². The predicted octanol–water partition coefficient (Wildman–Crippen LogP) is 3.20. The van der Waals surface area contributed by atoms with Crippen molar-refractivity contribution in [1.29, 1.82) is 0 Å². The highest BCUT2D eigenvalue weighted by molar-refractivity contribution is 5.79. The van der Waals surface area contributed by atoms with E-state index in [2.05, 4.69) is 10.1 Å². The first kappa shape index (κ1) is 11.4. The number of benzene rings is 1. The fraction of sp³-hybridized carbons (Fsp3) is 0.533. The maximum atomic E-state index is 13.3. The van der Waals surface area contributed by atoms with Crippen LogP contribution in [0.3, 0.4) is 0 Å². The van der Waals surface area contributed by atoms with Crippen LogP contribution in [0.4, 0.5) is 4.39 Å². The van der Waals surface area contributed by atoms with Crippen molar-refractivity contribution < 1.29 is 8.91 Å². The second-order valence-corrected chi connectivity index (χ2v) is 5.91. The molecule has 2 aliphatic rings. The standard InChI is InChI=1S/C15H17FN2O/c16-12-4-5-15-13(6-12)14(17-19-15)9-18-7-10-2-1-3-11(10)8-18/h4-6,10-11H,1-3,7-9H2. The van der Waals surface area contributed by atoms with Gasteiger partial charge in [0.15, 0.2) is 5.58 Å². The lowest BCUT2D eigenvalue weighted by Crippen LogP contribution is -2.21. The minimum absolute atomic E-state index is 0.227. The van der Waals surface area contributed by atoms with Gasteiger partial charge in [-0.2, -0.15) is 0 Å². The molecule has 2 heterocycles. The second kappa shape index (κ2) is 4.30. The van der Waals surface area contributed by atoms with Crippen molar-refractivity contribution in [2.45, 2.75) is 25.8 Å². The number of likely N-dealkylation sites (tertiary alicyclic amines) is 1. The summed E-state index contributed by atoms with van der Waals surface area (Å²) in [6.45, 7) is 3.10. The molecule has 4 rings (SSSR count). The lowest BCUT2D eigenvalue weighted by atomic mass is 10.0. The Labute approximate surface area is 111 Å². The molecule has 4 heteroatoms. The van der Waals surface area contributed by atoms with Crippen LogP contribution >= 0.6 is 0 Å². The fourth-order valence-electron chi connectivity index (χ4n) is 3.75. The third kappa shape index (κ3) is 1.94. The summed E-state index contributed by atoms with van der Waals surface area (Å²) in [5, 5.41) is 4.93. The third-order valence-electron chi connectivity index (χ3n) is 4.68. The summed E-state index contributed by atoms with van der Waals surface area (Å²) in [5.41, 5.74) is 1.55. The highest BCUT2D eigenvalue weighted by Gasteiger charge is 2.36. The van der Waals surface area contributed by atoms with Crippen LogP contribution < -0.4 is 0 Å². The van der Waals surface area contributed by atoms with Crippen molar-refractivity contribution in [3.05, 3.63) is 29.7 Å². The zero-order chi connectivity index (χ0) is 12.8. The highest BCUT2D eigenvalue weighted by atomic mass is 19.1. The number of nitrogens with zero attached hydrogens (tertiary/aromatic N) is 2. The van der Waals surface area contributed by atoms with Crippen LogP contribution in [-0.2, 0) is 6.54 Å². The van der Waals surface area contributed by atoms with E-state index in [4.69, 9.17) is 4.52 Å². The van der Waals surface area contributed by atoms with Crippen molar-refractivity contribution in [1.82, 2.24) is 10.1 Å². The van der Waals surface area contributed by atoms with Crippen molar-refractivity contribution in [3.8, 4) is 0 Å². The van der Waals surface area contributed by atoms with Gasteiger partial charge in [-0.15, -0.1) is 0 Å². The van der Waals surface area contributed by atoms with Crippen molar-refractivity contribution in [2.24, 2.45) is 11.8 Å². The van der Waals surface area contributed by atoms with E-state index in [1.165, 1.54) is 31.4 Å². The molecule has 100 valence electrons. The Hall–Kier alpha value is -1.42. The molecule has 1 saturated carbocycles. The Balaban J connectivity index is 1.57. The molecule has 0 N–H and O–H groups in total. The van der Waals surface area contributed by atoms with Crippen molar-refractivity contribution in [3.63, 3.8) is 0 Å². The molecule has 0 radical (unpaired) electrons. The largest absolute Gasteiger partial charge is 0.356 e. The van der Waals surface area contributed by atoms with E-state index in [9.17, 15) is 4.39 Å². The maximum absolute atomic E-state index is 13.3. The van der Waals surface area contributed by atoms with Gasteiger partial charge < -0.3 is 4.52 Å². The third-order valence-corrected chi connectivity index (χ3v) is 4.68. The molecule has 19 heavy (non-hydrogen) atoms. The molecule has 2 atom stereocenters. The van der Waals surface area contributed by atoms with Crippen LogP contribution in [0.5, 0.6) is 0 Å². The van der Waals surface area contributed by atoms with Crippen molar-refractivity contribution in [2.75, 3.05) is 13.1 Å². The minimum Gasteiger partial charge on any atom is -0.356 e. The van der Waals surface area contributed by atoms with Gasteiger partial charge >= 0.3 is 0 Å².